The lowest BCUT2D eigenvalue weighted by Gasteiger charge is -2.12. The molecule has 2 aromatic rings. The lowest BCUT2D eigenvalue weighted by Crippen LogP contribution is -2.15. The minimum absolute atomic E-state index is 0.0414. The number of aryl methyl sites for hydroxylation is 1. The van der Waals surface area contributed by atoms with Crippen molar-refractivity contribution in [2.75, 3.05) is 12.4 Å². The molecule has 25 heavy (non-hydrogen) atoms. The molecule has 0 aliphatic carbocycles. The summed E-state index contributed by atoms with van der Waals surface area (Å²) in [7, 11) is 1.43. The molecule has 0 aromatic heterocycles. The van der Waals surface area contributed by atoms with Gasteiger partial charge < -0.3 is 10.1 Å². The molecule has 0 radical (unpaired) electrons. The van der Waals surface area contributed by atoms with Crippen molar-refractivity contribution in [3.8, 4) is 5.75 Å². The van der Waals surface area contributed by atoms with E-state index in [1.54, 1.807) is 18.2 Å². The Kier molecular flexibility index (Phi) is 4.97. The minimum atomic E-state index is -0.781. The summed E-state index contributed by atoms with van der Waals surface area (Å²) in [6.45, 7) is 3.18. The third kappa shape index (κ3) is 3.71. The first-order chi connectivity index (χ1) is 11.7. The monoisotopic (exact) mass is 345 g/mol. The maximum Gasteiger partial charge on any atom is 0.279 e. The van der Waals surface area contributed by atoms with Crippen LogP contribution in [0.4, 0.5) is 17.1 Å². The van der Waals surface area contributed by atoms with Gasteiger partial charge >= 0.3 is 0 Å². The molecule has 0 fully saturated rings. The zero-order valence-corrected chi connectivity index (χ0v) is 13.7. The van der Waals surface area contributed by atoms with Gasteiger partial charge in [0.15, 0.2) is 0 Å². The Morgan fingerprint density at radius 1 is 1.08 bits per heavy atom. The first-order valence-corrected chi connectivity index (χ1v) is 7.14. The predicted molar refractivity (Wildman–Crippen MR) is 90.2 cm³/mol. The SMILES string of the molecule is COc1ccc(C)cc1NC(=O)c1cc([N+](=O)[O-])cc([N+](=O)[O-])c1C. The smallest absolute Gasteiger partial charge is 0.279 e. The molecular weight excluding hydrogens is 330 g/mol. The third-order valence-electron chi connectivity index (χ3n) is 3.62. The Bertz CT molecular complexity index is 878. The fourth-order valence-electron chi connectivity index (χ4n) is 2.32. The van der Waals surface area contributed by atoms with E-state index in [1.807, 2.05) is 6.92 Å². The highest BCUT2D eigenvalue weighted by molar-refractivity contribution is 6.07. The molecule has 2 aromatic carbocycles. The van der Waals surface area contributed by atoms with Crippen LogP contribution in [0.25, 0.3) is 0 Å². The maximum atomic E-state index is 12.6. The summed E-state index contributed by atoms with van der Waals surface area (Å²) < 4.78 is 5.16. The number of ether oxygens (including phenoxy) is 1. The van der Waals surface area contributed by atoms with E-state index in [2.05, 4.69) is 5.32 Å². The molecule has 9 heteroatoms. The van der Waals surface area contributed by atoms with E-state index in [0.29, 0.717) is 11.4 Å². The van der Waals surface area contributed by atoms with Crippen molar-refractivity contribution in [3.05, 3.63) is 67.3 Å². The van der Waals surface area contributed by atoms with Crippen LogP contribution in [-0.2, 0) is 0 Å². The molecule has 0 saturated carbocycles. The van der Waals surface area contributed by atoms with E-state index in [1.165, 1.54) is 14.0 Å². The second-order valence-electron chi connectivity index (χ2n) is 5.31. The molecule has 0 spiro atoms. The second kappa shape index (κ2) is 6.95. The topological polar surface area (TPSA) is 125 Å². The van der Waals surface area contributed by atoms with Crippen LogP contribution in [0.15, 0.2) is 30.3 Å². The molecule has 0 aliphatic heterocycles. The van der Waals surface area contributed by atoms with Gasteiger partial charge in [0.05, 0.1) is 34.3 Å². The number of amides is 1. The van der Waals surface area contributed by atoms with E-state index in [-0.39, 0.29) is 11.1 Å². The fraction of sp³-hybridized carbons (Fsp3) is 0.188. The summed E-state index contributed by atoms with van der Waals surface area (Å²) in [5, 5.41) is 24.7. The molecule has 9 nitrogen and oxygen atoms in total. The number of nitrogens with zero attached hydrogens (tertiary/aromatic N) is 2. The molecule has 0 atom stereocenters. The molecule has 2 rings (SSSR count). The number of nitro benzene ring substituents is 2. The number of nitro groups is 2. The Morgan fingerprint density at radius 2 is 1.76 bits per heavy atom. The van der Waals surface area contributed by atoms with Crippen molar-refractivity contribution < 1.29 is 19.4 Å². The predicted octanol–water partition coefficient (Wildman–Crippen LogP) is 3.38. The van der Waals surface area contributed by atoms with Gasteiger partial charge in [-0.05, 0) is 31.5 Å². The highest BCUT2D eigenvalue weighted by Gasteiger charge is 2.25. The Hall–Kier alpha value is -3.49. The third-order valence-corrected chi connectivity index (χ3v) is 3.62. The number of carbonyl (C=O) groups is 1. The molecule has 0 heterocycles. The zero-order valence-electron chi connectivity index (χ0n) is 13.7. The molecule has 0 unspecified atom stereocenters. The fourth-order valence-corrected chi connectivity index (χ4v) is 2.32. The van der Waals surface area contributed by atoms with Crippen LogP contribution >= 0.6 is 0 Å². The summed E-state index contributed by atoms with van der Waals surface area (Å²) in [4.78, 5) is 33.1. The number of anilines is 1. The van der Waals surface area contributed by atoms with Crippen molar-refractivity contribution in [3.63, 3.8) is 0 Å². The molecule has 0 saturated heterocycles. The second-order valence-corrected chi connectivity index (χ2v) is 5.31. The summed E-state index contributed by atoms with van der Waals surface area (Å²) in [6.07, 6.45) is 0. The van der Waals surface area contributed by atoms with Crippen LogP contribution in [0.2, 0.25) is 0 Å². The van der Waals surface area contributed by atoms with E-state index >= 15 is 0 Å². The highest BCUT2D eigenvalue weighted by Crippen LogP contribution is 2.30. The summed E-state index contributed by atoms with van der Waals surface area (Å²) in [6, 6.07) is 6.96. The van der Waals surface area contributed by atoms with Crippen molar-refractivity contribution in [2.24, 2.45) is 0 Å². The van der Waals surface area contributed by atoms with Gasteiger partial charge in [-0.3, -0.25) is 25.0 Å². The lowest BCUT2D eigenvalue weighted by atomic mass is 10.0. The van der Waals surface area contributed by atoms with Crippen LogP contribution in [0.3, 0.4) is 0 Å². The first kappa shape index (κ1) is 17.9. The minimum Gasteiger partial charge on any atom is -0.495 e. The van der Waals surface area contributed by atoms with Gasteiger partial charge in [-0.2, -0.15) is 0 Å². The average Bonchev–Trinajstić information content (AvgIpc) is 2.54. The number of hydrogen-bond acceptors (Lipinski definition) is 6. The highest BCUT2D eigenvalue weighted by atomic mass is 16.6. The van der Waals surface area contributed by atoms with E-state index in [0.717, 1.165) is 17.7 Å². The number of rotatable bonds is 5. The van der Waals surface area contributed by atoms with Crippen molar-refractivity contribution in [2.45, 2.75) is 13.8 Å². The summed E-state index contributed by atoms with van der Waals surface area (Å²) in [5.41, 5.74) is 0.0947. The number of benzene rings is 2. The standard InChI is InChI=1S/C16H15N3O6/c1-9-4-5-15(25-3)13(6-9)17-16(20)12-7-11(18(21)22)8-14(10(12)2)19(23)24/h4-8H,1-3H3,(H,17,20). The van der Waals surface area contributed by atoms with Crippen LogP contribution < -0.4 is 10.1 Å². The molecule has 1 N–H and O–H groups in total. The van der Waals surface area contributed by atoms with Gasteiger partial charge in [-0.25, -0.2) is 0 Å². The summed E-state index contributed by atoms with van der Waals surface area (Å²) >= 11 is 0. The van der Waals surface area contributed by atoms with Crippen LogP contribution in [-0.4, -0.2) is 22.9 Å². The Morgan fingerprint density at radius 3 is 2.32 bits per heavy atom. The lowest BCUT2D eigenvalue weighted by molar-refractivity contribution is -0.394. The largest absolute Gasteiger partial charge is 0.495 e. The molecule has 0 bridgehead atoms. The zero-order chi connectivity index (χ0) is 18.7. The maximum absolute atomic E-state index is 12.6. The molecule has 0 aliphatic rings. The Balaban J connectivity index is 2.51. The van der Waals surface area contributed by atoms with Crippen LogP contribution in [0, 0.1) is 34.1 Å². The first-order valence-electron chi connectivity index (χ1n) is 7.14. The molecule has 130 valence electrons. The Labute approximate surface area is 142 Å². The van der Waals surface area contributed by atoms with Crippen LogP contribution in [0.1, 0.15) is 21.5 Å². The molecule has 1 amide bonds. The van der Waals surface area contributed by atoms with E-state index in [4.69, 9.17) is 4.74 Å². The van der Waals surface area contributed by atoms with E-state index in [9.17, 15) is 25.0 Å². The van der Waals surface area contributed by atoms with Gasteiger partial charge in [0.25, 0.3) is 17.3 Å². The van der Waals surface area contributed by atoms with Gasteiger partial charge in [0.2, 0.25) is 0 Å². The van der Waals surface area contributed by atoms with Gasteiger partial charge in [-0.15, -0.1) is 0 Å². The average molecular weight is 345 g/mol. The van der Waals surface area contributed by atoms with Gasteiger partial charge in [0.1, 0.15) is 5.75 Å². The van der Waals surface area contributed by atoms with Gasteiger partial charge in [-0.1, -0.05) is 6.07 Å². The quantitative estimate of drug-likeness (QED) is 0.654. The number of non-ortho nitro benzene ring substituents is 1. The van der Waals surface area contributed by atoms with E-state index < -0.39 is 27.1 Å². The van der Waals surface area contributed by atoms with Crippen molar-refractivity contribution in [1.29, 1.82) is 0 Å². The van der Waals surface area contributed by atoms with Crippen molar-refractivity contribution in [1.82, 2.24) is 0 Å². The van der Waals surface area contributed by atoms with Gasteiger partial charge in [0, 0.05) is 11.6 Å². The normalized spacial score (nSPS) is 10.2. The van der Waals surface area contributed by atoms with Crippen LogP contribution in [0.5, 0.6) is 5.75 Å². The van der Waals surface area contributed by atoms with Crippen molar-refractivity contribution >= 4 is 23.0 Å². The number of hydrogen-bond donors (Lipinski definition) is 1. The number of carbonyl (C=O) groups excluding carboxylic acids is 1. The molecular formula is C16H15N3O6. The number of methoxy groups -OCH3 is 1. The number of nitrogens with one attached hydrogen (secondary N) is 1. The summed E-state index contributed by atoms with van der Waals surface area (Å²) in [5.74, 6) is -0.301.